The van der Waals surface area contributed by atoms with Crippen LogP contribution in [-0.4, -0.2) is 50.2 Å². The highest BCUT2D eigenvalue weighted by Gasteiger charge is 2.33. The Morgan fingerprint density at radius 2 is 1.94 bits per heavy atom. The second-order valence-corrected chi connectivity index (χ2v) is 10.9. The molecule has 0 spiro atoms. The highest BCUT2D eigenvalue weighted by Crippen LogP contribution is 2.34. The second-order valence-electron chi connectivity index (χ2n) is 9.18. The van der Waals surface area contributed by atoms with Crippen LogP contribution in [0.2, 0.25) is 4.34 Å². The number of carbonyl (C=O) groups is 3. The summed E-state index contributed by atoms with van der Waals surface area (Å²) < 4.78 is 6.05. The molecule has 4 rings (SSSR count). The van der Waals surface area contributed by atoms with Gasteiger partial charge >= 0.3 is 6.09 Å². The maximum atomic E-state index is 12.7. The zero-order chi connectivity index (χ0) is 25.5. The number of piperidine rings is 1. The third kappa shape index (κ3) is 6.70. The number of ether oxygens (including phenoxy) is 1. The molecule has 2 N–H and O–H groups in total. The average molecular weight is 533 g/mol. The fourth-order valence-corrected chi connectivity index (χ4v) is 5.48. The monoisotopic (exact) mass is 532 g/mol. The van der Waals surface area contributed by atoms with Crippen molar-refractivity contribution in [2.24, 2.45) is 0 Å². The smallest absolute Gasteiger partial charge is 0.414 e. The number of nitrogens with one attached hydrogen (secondary N) is 2. The predicted molar refractivity (Wildman–Crippen MR) is 145 cm³/mol. The van der Waals surface area contributed by atoms with E-state index in [-0.39, 0.29) is 18.4 Å². The Bertz CT molecular complexity index is 1090. The van der Waals surface area contributed by atoms with Crippen molar-refractivity contribution in [2.75, 3.05) is 41.3 Å². The van der Waals surface area contributed by atoms with Crippen LogP contribution in [0.4, 0.5) is 21.9 Å². The second kappa shape index (κ2) is 12.5. The molecule has 36 heavy (non-hydrogen) atoms. The molecule has 1 unspecified atom stereocenters. The number of unbranched alkanes of at least 4 members (excludes halogenated alkanes) is 2. The molecule has 2 saturated heterocycles. The molecule has 0 radical (unpaired) electrons. The van der Waals surface area contributed by atoms with E-state index < -0.39 is 12.2 Å². The molecule has 1 atom stereocenters. The average Bonchev–Trinajstić information content (AvgIpc) is 3.48. The van der Waals surface area contributed by atoms with Crippen LogP contribution in [0, 0.1) is 0 Å². The molecular weight excluding hydrogens is 500 g/mol. The number of rotatable bonds is 10. The van der Waals surface area contributed by atoms with Gasteiger partial charge < -0.3 is 20.3 Å². The lowest BCUT2D eigenvalue weighted by atomic mass is 10.1. The number of benzene rings is 1. The van der Waals surface area contributed by atoms with Gasteiger partial charge in [-0.15, -0.1) is 11.3 Å². The lowest BCUT2D eigenvalue weighted by Gasteiger charge is -2.31. The fraction of sp³-hybridized carbons (Fsp3) is 0.500. The van der Waals surface area contributed by atoms with Crippen LogP contribution in [0.5, 0.6) is 0 Å². The van der Waals surface area contributed by atoms with Crippen molar-refractivity contribution in [3.63, 3.8) is 0 Å². The zero-order valence-electron chi connectivity index (χ0n) is 20.6. The van der Waals surface area contributed by atoms with Crippen molar-refractivity contribution < 1.29 is 19.1 Å². The molecule has 2 fully saturated rings. The number of anilines is 3. The first kappa shape index (κ1) is 26.3. The van der Waals surface area contributed by atoms with Gasteiger partial charge in [-0.25, -0.2) is 4.79 Å². The minimum atomic E-state index is -0.481. The molecule has 3 heterocycles. The molecular formula is C26H33ClN4O4S. The van der Waals surface area contributed by atoms with Gasteiger partial charge in [0.2, 0.25) is 5.91 Å². The fourth-order valence-electron chi connectivity index (χ4n) is 4.52. The molecule has 1 aromatic carbocycles. The number of thiophene rings is 1. The maximum absolute atomic E-state index is 12.7. The summed E-state index contributed by atoms with van der Waals surface area (Å²) in [7, 11) is 0. The molecule has 0 saturated carbocycles. The molecule has 3 amide bonds. The van der Waals surface area contributed by atoms with Gasteiger partial charge in [0.1, 0.15) is 6.10 Å². The van der Waals surface area contributed by atoms with E-state index in [4.69, 9.17) is 16.3 Å². The predicted octanol–water partition coefficient (Wildman–Crippen LogP) is 5.67. The number of amides is 3. The van der Waals surface area contributed by atoms with Gasteiger partial charge in [0.25, 0.3) is 5.91 Å². The number of halogens is 1. The van der Waals surface area contributed by atoms with Crippen molar-refractivity contribution in [1.29, 1.82) is 0 Å². The minimum Gasteiger partial charge on any atom is -0.442 e. The van der Waals surface area contributed by atoms with Gasteiger partial charge in [-0.3, -0.25) is 14.5 Å². The highest BCUT2D eigenvalue weighted by molar-refractivity contribution is 7.18. The van der Waals surface area contributed by atoms with Crippen LogP contribution in [0.15, 0.2) is 30.3 Å². The highest BCUT2D eigenvalue weighted by atomic mass is 35.5. The zero-order valence-corrected chi connectivity index (χ0v) is 22.1. The normalized spacial score (nSPS) is 17.7. The summed E-state index contributed by atoms with van der Waals surface area (Å²) in [5.41, 5.74) is 2.35. The first-order valence-corrected chi connectivity index (χ1v) is 13.8. The summed E-state index contributed by atoms with van der Waals surface area (Å²) >= 11 is 7.11. The maximum Gasteiger partial charge on any atom is 0.414 e. The molecule has 8 nitrogen and oxygen atoms in total. The van der Waals surface area contributed by atoms with Crippen LogP contribution >= 0.6 is 22.9 Å². The Morgan fingerprint density at radius 1 is 1.14 bits per heavy atom. The van der Waals surface area contributed by atoms with Crippen LogP contribution in [0.3, 0.4) is 0 Å². The summed E-state index contributed by atoms with van der Waals surface area (Å²) in [6.07, 6.45) is 5.90. The molecule has 1 aromatic heterocycles. The van der Waals surface area contributed by atoms with E-state index in [1.54, 1.807) is 17.0 Å². The topological polar surface area (TPSA) is 91.0 Å². The number of cyclic esters (lactones) is 1. The Labute approximate surface area is 220 Å². The Hall–Kier alpha value is -2.78. The molecule has 0 bridgehead atoms. The van der Waals surface area contributed by atoms with E-state index in [0.29, 0.717) is 27.9 Å². The number of hydrogen-bond acceptors (Lipinski definition) is 6. The van der Waals surface area contributed by atoms with Crippen molar-refractivity contribution >= 4 is 57.9 Å². The summed E-state index contributed by atoms with van der Waals surface area (Å²) in [4.78, 5) is 42.0. The Morgan fingerprint density at radius 3 is 2.67 bits per heavy atom. The first-order chi connectivity index (χ1) is 17.4. The molecule has 2 aliphatic rings. The van der Waals surface area contributed by atoms with Gasteiger partial charge in [-0.1, -0.05) is 31.4 Å². The summed E-state index contributed by atoms with van der Waals surface area (Å²) in [6, 6.07) is 9.07. The van der Waals surface area contributed by atoms with Gasteiger partial charge in [0.05, 0.1) is 33.7 Å². The molecule has 10 heteroatoms. The molecule has 0 aliphatic carbocycles. The SMILES string of the molecule is CCCCCC(=O)Nc1cc(N2CC(CNC(=O)c3ccc(Cl)s3)OC2=O)ccc1N1CCCCC1. The van der Waals surface area contributed by atoms with E-state index in [0.717, 1.165) is 56.6 Å². The number of hydrogen-bond donors (Lipinski definition) is 2. The van der Waals surface area contributed by atoms with Crippen LogP contribution < -0.4 is 20.4 Å². The molecule has 2 aliphatic heterocycles. The summed E-state index contributed by atoms with van der Waals surface area (Å²) in [5.74, 6) is -0.266. The lowest BCUT2D eigenvalue weighted by Crippen LogP contribution is -2.34. The van der Waals surface area contributed by atoms with Crippen molar-refractivity contribution in [1.82, 2.24) is 5.32 Å². The van der Waals surface area contributed by atoms with Crippen molar-refractivity contribution in [3.05, 3.63) is 39.5 Å². The summed E-state index contributed by atoms with van der Waals surface area (Å²) in [6.45, 7) is 4.50. The summed E-state index contributed by atoms with van der Waals surface area (Å²) in [5, 5.41) is 5.90. The van der Waals surface area contributed by atoms with E-state index in [1.165, 1.54) is 17.8 Å². The van der Waals surface area contributed by atoms with Crippen LogP contribution in [-0.2, 0) is 9.53 Å². The molecule has 194 valence electrons. The third-order valence-electron chi connectivity index (χ3n) is 6.43. The van der Waals surface area contributed by atoms with E-state index in [2.05, 4.69) is 22.5 Å². The lowest BCUT2D eigenvalue weighted by molar-refractivity contribution is -0.116. The van der Waals surface area contributed by atoms with Crippen molar-refractivity contribution in [3.8, 4) is 0 Å². The number of nitrogens with zero attached hydrogens (tertiary/aromatic N) is 2. The van der Waals surface area contributed by atoms with Gasteiger partial charge in [-0.2, -0.15) is 0 Å². The van der Waals surface area contributed by atoms with Crippen molar-refractivity contribution in [2.45, 2.75) is 58.0 Å². The standard InChI is InChI=1S/C26H33ClN4O4S/c1-2-3-5-8-24(32)29-20-15-18(9-10-21(20)30-13-6-4-7-14-30)31-17-19(35-26(31)34)16-28-25(33)22-11-12-23(27)36-22/h9-12,15,19H,2-8,13-14,16-17H2,1H3,(H,28,33)(H,29,32). The largest absolute Gasteiger partial charge is 0.442 e. The van der Waals surface area contributed by atoms with Crippen LogP contribution in [0.1, 0.15) is 61.5 Å². The van der Waals surface area contributed by atoms with E-state index in [9.17, 15) is 14.4 Å². The van der Waals surface area contributed by atoms with Gasteiger partial charge in [0.15, 0.2) is 0 Å². The van der Waals surface area contributed by atoms with Crippen LogP contribution in [0.25, 0.3) is 0 Å². The Balaban J connectivity index is 1.44. The Kier molecular flexibility index (Phi) is 9.09. The number of carbonyl (C=O) groups excluding carboxylic acids is 3. The van der Waals surface area contributed by atoms with E-state index in [1.807, 2.05) is 18.2 Å². The van der Waals surface area contributed by atoms with Gasteiger partial charge in [-0.05, 0) is 56.0 Å². The third-order valence-corrected chi connectivity index (χ3v) is 7.66. The first-order valence-electron chi connectivity index (χ1n) is 12.6. The molecule has 2 aromatic rings. The minimum absolute atomic E-state index is 0.0165. The van der Waals surface area contributed by atoms with E-state index >= 15 is 0 Å². The quantitative estimate of drug-likeness (QED) is 0.385. The van der Waals surface area contributed by atoms with Gasteiger partial charge in [0, 0.05) is 25.2 Å².